The van der Waals surface area contributed by atoms with Gasteiger partial charge >= 0.3 is 0 Å². The van der Waals surface area contributed by atoms with Crippen LogP contribution < -0.4 is 16.4 Å². The minimum atomic E-state index is -0.373. The minimum absolute atomic E-state index is 0.00605. The van der Waals surface area contributed by atoms with Gasteiger partial charge in [-0.1, -0.05) is 60.7 Å². The summed E-state index contributed by atoms with van der Waals surface area (Å²) in [7, 11) is 0. The lowest BCUT2D eigenvalue weighted by Gasteiger charge is -2.30. The van der Waals surface area contributed by atoms with Crippen LogP contribution in [0.2, 0.25) is 0 Å². The van der Waals surface area contributed by atoms with Crippen molar-refractivity contribution in [3.05, 3.63) is 71.8 Å². The smallest absolute Gasteiger partial charge is 0.242 e. The van der Waals surface area contributed by atoms with Crippen LogP contribution in [0.25, 0.3) is 0 Å². The molecule has 1 unspecified atom stereocenters. The van der Waals surface area contributed by atoms with Gasteiger partial charge in [0.2, 0.25) is 11.8 Å². The molecule has 0 radical (unpaired) electrons. The number of nitrogens with zero attached hydrogens (tertiary/aromatic N) is 1. The number of amides is 2. The lowest BCUT2D eigenvalue weighted by atomic mass is 9.86. The van der Waals surface area contributed by atoms with Gasteiger partial charge in [-0.2, -0.15) is 0 Å². The van der Waals surface area contributed by atoms with Crippen molar-refractivity contribution in [2.75, 3.05) is 19.6 Å². The maximum Gasteiger partial charge on any atom is 0.242 e. The third kappa shape index (κ3) is 7.39. The number of nitrogens with two attached hydrogens (primary N) is 1. The van der Waals surface area contributed by atoms with Crippen LogP contribution in [0.15, 0.2) is 60.7 Å². The molecule has 4 N–H and O–H groups in total. The highest BCUT2D eigenvalue weighted by molar-refractivity contribution is 5.90. The topological polar surface area (TPSA) is 87.5 Å². The number of carbonyl (C=O) groups excluding carboxylic acids is 2. The van der Waals surface area contributed by atoms with Crippen LogP contribution in [0.5, 0.6) is 0 Å². The van der Waals surface area contributed by atoms with Gasteiger partial charge in [-0.3, -0.25) is 9.59 Å². The summed E-state index contributed by atoms with van der Waals surface area (Å²) < 4.78 is 0. The van der Waals surface area contributed by atoms with Crippen LogP contribution in [0.3, 0.4) is 0 Å². The Balaban J connectivity index is 1.36. The van der Waals surface area contributed by atoms with Crippen molar-refractivity contribution in [1.82, 2.24) is 15.5 Å². The van der Waals surface area contributed by atoms with Gasteiger partial charge in [0.15, 0.2) is 0 Å². The summed E-state index contributed by atoms with van der Waals surface area (Å²) in [5.74, 6) is 0.520. The molecule has 188 valence electrons. The Labute approximate surface area is 209 Å². The van der Waals surface area contributed by atoms with E-state index in [1.807, 2.05) is 41.3 Å². The zero-order chi connectivity index (χ0) is 24.5. The number of carbonyl (C=O) groups is 2. The minimum Gasteiger partial charge on any atom is -0.354 e. The first kappa shape index (κ1) is 25.4. The predicted molar refractivity (Wildman–Crippen MR) is 140 cm³/mol. The number of rotatable bonds is 10. The molecular weight excluding hydrogens is 436 g/mol. The van der Waals surface area contributed by atoms with Crippen LogP contribution in [-0.2, 0) is 22.4 Å². The van der Waals surface area contributed by atoms with E-state index >= 15 is 0 Å². The summed E-state index contributed by atoms with van der Waals surface area (Å²) in [6.07, 6.45) is 7.27. The van der Waals surface area contributed by atoms with E-state index in [2.05, 4.69) is 34.9 Å². The number of benzene rings is 2. The van der Waals surface area contributed by atoms with E-state index in [0.29, 0.717) is 38.0 Å². The normalized spacial score (nSPS) is 23.1. The highest BCUT2D eigenvalue weighted by Gasteiger charge is 2.37. The fourth-order valence-corrected chi connectivity index (χ4v) is 5.39. The Hall–Kier alpha value is -2.70. The van der Waals surface area contributed by atoms with Crippen LogP contribution in [0.4, 0.5) is 0 Å². The average molecular weight is 477 g/mol. The Bertz CT molecular complexity index is 928. The fourth-order valence-electron chi connectivity index (χ4n) is 5.39. The molecule has 1 saturated carbocycles. The van der Waals surface area contributed by atoms with Crippen molar-refractivity contribution in [2.45, 2.75) is 69.5 Å². The van der Waals surface area contributed by atoms with E-state index in [4.69, 9.17) is 5.73 Å². The highest BCUT2D eigenvalue weighted by Crippen LogP contribution is 2.23. The zero-order valence-electron chi connectivity index (χ0n) is 20.7. The first-order valence-electron chi connectivity index (χ1n) is 13.2. The van der Waals surface area contributed by atoms with Crippen LogP contribution >= 0.6 is 0 Å². The summed E-state index contributed by atoms with van der Waals surface area (Å²) >= 11 is 0. The zero-order valence-corrected chi connectivity index (χ0v) is 20.7. The molecular formula is C29H40N4O2. The first-order chi connectivity index (χ1) is 17.1. The maximum absolute atomic E-state index is 13.7. The summed E-state index contributed by atoms with van der Waals surface area (Å²) in [5, 5.41) is 6.66. The molecule has 0 bridgehead atoms. The molecule has 1 saturated heterocycles. The quantitative estimate of drug-likeness (QED) is 0.492. The molecule has 6 heteroatoms. The predicted octanol–water partition coefficient (Wildman–Crippen LogP) is 3.05. The summed E-state index contributed by atoms with van der Waals surface area (Å²) in [6.45, 7) is 2.04. The van der Waals surface area contributed by atoms with Gasteiger partial charge < -0.3 is 21.3 Å². The molecule has 4 rings (SSSR count). The van der Waals surface area contributed by atoms with Gasteiger partial charge in [-0.05, 0) is 75.0 Å². The van der Waals surface area contributed by atoms with E-state index in [0.717, 1.165) is 50.5 Å². The third-order valence-electron chi connectivity index (χ3n) is 7.52. The molecule has 1 aliphatic heterocycles. The summed E-state index contributed by atoms with van der Waals surface area (Å²) in [6, 6.07) is 20.0. The summed E-state index contributed by atoms with van der Waals surface area (Å²) in [5.41, 5.74) is 8.38. The average Bonchev–Trinajstić information content (AvgIpc) is 3.39. The van der Waals surface area contributed by atoms with Crippen molar-refractivity contribution >= 4 is 11.8 Å². The van der Waals surface area contributed by atoms with Crippen molar-refractivity contribution in [2.24, 2.45) is 11.7 Å². The molecule has 0 aromatic heterocycles. The Kier molecular flexibility index (Phi) is 9.32. The van der Waals surface area contributed by atoms with Gasteiger partial charge in [-0.25, -0.2) is 0 Å². The van der Waals surface area contributed by atoms with E-state index < -0.39 is 0 Å². The summed E-state index contributed by atoms with van der Waals surface area (Å²) in [4.78, 5) is 28.6. The van der Waals surface area contributed by atoms with Crippen molar-refractivity contribution in [3.8, 4) is 0 Å². The monoisotopic (exact) mass is 476 g/mol. The Morgan fingerprint density at radius 1 is 0.914 bits per heavy atom. The molecule has 2 aromatic carbocycles. The van der Waals surface area contributed by atoms with Gasteiger partial charge in [0, 0.05) is 19.1 Å². The Morgan fingerprint density at radius 3 is 2.26 bits per heavy atom. The standard InChI is InChI=1S/C29H40N4O2/c30-25-15-13-24(14-16-25)21-32-28(34)27-12-7-19-33(27)29(35)26(20-23-10-5-2-6-11-23)31-18-17-22-8-3-1-4-9-22/h1-6,8-11,24-27,31H,7,12-21,30H2,(H,32,34)/t24?,25?,26?,27-/m0/s1. The maximum atomic E-state index is 13.7. The lowest BCUT2D eigenvalue weighted by Crippen LogP contribution is -2.53. The van der Waals surface area contributed by atoms with Gasteiger partial charge in [0.05, 0.1) is 6.04 Å². The van der Waals surface area contributed by atoms with Crippen LogP contribution in [-0.4, -0.2) is 54.5 Å². The van der Waals surface area contributed by atoms with E-state index in [1.165, 1.54) is 5.56 Å². The molecule has 2 aliphatic rings. The molecule has 0 spiro atoms. The van der Waals surface area contributed by atoms with Crippen LogP contribution in [0, 0.1) is 5.92 Å². The molecule has 2 fully saturated rings. The molecule has 35 heavy (non-hydrogen) atoms. The van der Waals surface area contributed by atoms with Crippen molar-refractivity contribution < 1.29 is 9.59 Å². The number of hydrogen-bond acceptors (Lipinski definition) is 4. The molecule has 6 nitrogen and oxygen atoms in total. The Morgan fingerprint density at radius 2 is 1.57 bits per heavy atom. The second-order valence-electron chi connectivity index (χ2n) is 10.1. The first-order valence-corrected chi connectivity index (χ1v) is 13.2. The van der Waals surface area contributed by atoms with E-state index in [-0.39, 0.29) is 23.9 Å². The molecule has 2 atom stereocenters. The molecule has 1 heterocycles. The third-order valence-corrected chi connectivity index (χ3v) is 7.52. The largest absolute Gasteiger partial charge is 0.354 e. The fraction of sp³-hybridized carbons (Fsp3) is 0.517. The molecule has 1 aliphatic carbocycles. The highest BCUT2D eigenvalue weighted by atomic mass is 16.2. The molecule has 2 aromatic rings. The number of likely N-dealkylation sites (tertiary alicyclic amines) is 1. The van der Waals surface area contributed by atoms with Gasteiger partial charge in [-0.15, -0.1) is 0 Å². The van der Waals surface area contributed by atoms with Crippen LogP contribution in [0.1, 0.15) is 49.7 Å². The SMILES string of the molecule is NC1CCC(CNC(=O)[C@@H]2CCCN2C(=O)C(Cc2ccccc2)NCCc2ccccc2)CC1. The number of hydrogen-bond donors (Lipinski definition) is 3. The van der Waals surface area contributed by atoms with Gasteiger partial charge in [0.1, 0.15) is 6.04 Å². The lowest BCUT2D eigenvalue weighted by molar-refractivity contribution is -0.140. The van der Waals surface area contributed by atoms with E-state index in [9.17, 15) is 9.59 Å². The second kappa shape index (κ2) is 12.8. The molecule has 2 amide bonds. The number of nitrogens with one attached hydrogen (secondary N) is 2. The van der Waals surface area contributed by atoms with E-state index in [1.54, 1.807) is 0 Å². The van der Waals surface area contributed by atoms with Crippen molar-refractivity contribution in [1.29, 1.82) is 0 Å². The second-order valence-corrected chi connectivity index (χ2v) is 10.1. The van der Waals surface area contributed by atoms with Crippen molar-refractivity contribution in [3.63, 3.8) is 0 Å². The van der Waals surface area contributed by atoms with Gasteiger partial charge in [0.25, 0.3) is 0 Å².